The lowest BCUT2D eigenvalue weighted by molar-refractivity contribution is -0.134. The van der Waals surface area contributed by atoms with Crippen molar-refractivity contribution in [2.45, 2.75) is 31.3 Å². The number of fused-ring (bicyclic) bond motifs is 1. The average molecular weight is 435 g/mol. The molecule has 1 atom stereocenters. The first-order chi connectivity index (χ1) is 15.1. The van der Waals surface area contributed by atoms with Crippen molar-refractivity contribution in [3.05, 3.63) is 93.4 Å². The van der Waals surface area contributed by atoms with E-state index in [0.29, 0.717) is 12.1 Å². The molecule has 1 aliphatic heterocycles. The van der Waals surface area contributed by atoms with E-state index in [1.165, 1.54) is 34.7 Å². The van der Waals surface area contributed by atoms with E-state index in [2.05, 4.69) is 23.6 Å². The minimum absolute atomic E-state index is 0.0453. The van der Waals surface area contributed by atoms with Crippen LogP contribution >= 0.6 is 11.3 Å². The molecule has 158 valence electrons. The number of thiophene rings is 1. The summed E-state index contributed by atoms with van der Waals surface area (Å²) < 4.78 is 13.3. The summed E-state index contributed by atoms with van der Waals surface area (Å²) in [7, 11) is 0. The number of carbonyl (C=O) groups is 2. The van der Waals surface area contributed by atoms with Crippen molar-refractivity contribution < 1.29 is 14.0 Å². The van der Waals surface area contributed by atoms with Crippen molar-refractivity contribution in [2.75, 3.05) is 13.1 Å². The maximum atomic E-state index is 13.5. The van der Waals surface area contributed by atoms with Crippen LogP contribution < -0.4 is 0 Å². The molecular weight excluding hydrogens is 411 g/mol. The third-order valence-electron chi connectivity index (χ3n) is 6.05. The van der Waals surface area contributed by atoms with E-state index in [1.807, 2.05) is 23.1 Å². The second-order valence-electron chi connectivity index (χ2n) is 8.12. The maximum absolute atomic E-state index is 13.5. The third-order valence-corrected chi connectivity index (χ3v) is 7.04. The van der Waals surface area contributed by atoms with E-state index in [0.717, 1.165) is 24.8 Å². The summed E-state index contributed by atoms with van der Waals surface area (Å²) in [5, 5.41) is 2.09. The minimum atomic E-state index is -0.379. The fourth-order valence-electron chi connectivity index (χ4n) is 4.33. The van der Waals surface area contributed by atoms with Crippen molar-refractivity contribution in [3.63, 3.8) is 0 Å². The first-order valence-electron chi connectivity index (χ1n) is 10.6. The number of carbonyl (C=O) groups excluding carboxylic acids is 2. The van der Waals surface area contributed by atoms with Crippen molar-refractivity contribution in [3.8, 4) is 0 Å². The average Bonchev–Trinajstić information content (AvgIpc) is 3.53. The van der Waals surface area contributed by atoms with Gasteiger partial charge in [-0.25, -0.2) is 4.39 Å². The first-order valence-corrected chi connectivity index (χ1v) is 11.5. The molecule has 0 spiro atoms. The lowest BCUT2D eigenvalue weighted by Crippen LogP contribution is -2.47. The molecule has 2 heterocycles. The first kappa shape index (κ1) is 19.9. The Morgan fingerprint density at radius 3 is 2.48 bits per heavy atom. The molecule has 1 aromatic heterocycles. The van der Waals surface area contributed by atoms with Gasteiger partial charge in [-0.15, -0.1) is 11.3 Å². The second-order valence-corrected chi connectivity index (χ2v) is 9.12. The lowest BCUT2D eigenvalue weighted by Gasteiger charge is -2.37. The molecule has 6 heteroatoms. The minimum Gasteiger partial charge on any atom is -0.330 e. The van der Waals surface area contributed by atoms with Crippen molar-refractivity contribution in [2.24, 2.45) is 0 Å². The van der Waals surface area contributed by atoms with E-state index < -0.39 is 0 Å². The number of nitrogens with zero attached hydrogens (tertiary/aromatic N) is 2. The van der Waals surface area contributed by atoms with Gasteiger partial charge in [0.15, 0.2) is 0 Å². The smallest absolute Gasteiger partial charge is 0.254 e. The normalized spacial score (nSPS) is 17.8. The molecule has 0 saturated heterocycles. The number of benzene rings is 2. The zero-order valence-electron chi connectivity index (χ0n) is 17.0. The van der Waals surface area contributed by atoms with Crippen LogP contribution in [0.15, 0.2) is 66.0 Å². The predicted molar refractivity (Wildman–Crippen MR) is 118 cm³/mol. The van der Waals surface area contributed by atoms with E-state index in [4.69, 9.17) is 0 Å². The van der Waals surface area contributed by atoms with Gasteiger partial charge in [0.25, 0.3) is 5.91 Å². The zero-order chi connectivity index (χ0) is 21.4. The van der Waals surface area contributed by atoms with Crippen LogP contribution in [0, 0.1) is 5.82 Å². The van der Waals surface area contributed by atoms with E-state index in [9.17, 15) is 14.0 Å². The van der Waals surface area contributed by atoms with Crippen LogP contribution in [0.3, 0.4) is 0 Å². The molecule has 4 nitrogen and oxygen atoms in total. The highest BCUT2D eigenvalue weighted by Crippen LogP contribution is 2.38. The highest BCUT2D eigenvalue weighted by Gasteiger charge is 2.38. The van der Waals surface area contributed by atoms with Gasteiger partial charge in [0.05, 0.1) is 6.04 Å². The van der Waals surface area contributed by atoms with E-state index in [-0.39, 0.29) is 36.3 Å². The Hall–Kier alpha value is -2.99. The Morgan fingerprint density at radius 1 is 1.03 bits per heavy atom. The molecule has 1 fully saturated rings. The van der Waals surface area contributed by atoms with Crippen LogP contribution in [0.2, 0.25) is 0 Å². The van der Waals surface area contributed by atoms with E-state index in [1.54, 1.807) is 16.2 Å². The van der Waals surface area contributed by atoms with Gasteiger partial charge in [0.2, 0.25) is 5.91 Å². The third kappa shape index (κ3) is 4.00. The van der Waals surface area contributed by atoms with Crippen LogP contribution in [-0.2, 0) is 11.2 Å². The summed E-state index contributed by atoms with van der Waals surface area (Å²) in [4.78, 5) is 31.5. The molecule has 1 saturated carbocycles. The van der Waals surface area contributed by atoms with Gasteiger partial charge >= 0.3 is 0 Å². The Morgan fingerprint density at radius 2 is 1.77 bits per heavy atom. The number of hydrogen-bond donors (Lipinski definition) is 0. The highest BCUT2D eigenvalue weighted by molar-refractivity contribution is 7.10. The summed E-state index contributed by atoms with van der Waals surface area (Å²) in [5.41, 5.74) is 2.68. The molecule has 5 rings (SSSR count). The highest BCUT2D eigenvalue weighted by atomic mass is 32.1. The number of halogens is 1. The molecular formula is C25H23FN2O2S. The van der Waals surface area contributed by atoms with Crippen LogP contribution in [0.1, 0.15) is 45.2 Å². The molecule has 1 aliphatic carbocycles. The molecule has 3 aromatic rings. The Labute approximate surface area is 184 Å². The second kappa shape index (κ2) is 8.27. The van der Waals surface area contributed by atoms with Gasteiger partial charge in [0.1, 0.15) is 12.4 Å². The maximum Gasteiger partial charge on any atom is 0.254 e. The van der Waals surface area contributed by atoms with E-state index >= 15 is 0 Å². The van der Waals surface area contributed by atoms with Gasteiger partial charge in [-0.3, -0.25) is 9.59 Å². The Bertz CT molecular complexity index is 1090. The molecule has 31 heavy (non-hydrogen) atoms. The molecule has 2 amide bonds. The predicted octanol–water partition coefficient (Wildman–Crippen LogP) is 4.67. The van der Waals surface area contributed by atoms with Crippen LogP contribution in [0.4, 0.5) is 4.39 Å². The molecule has 1 unspecified atom stereocenters. The van der Waals surface area contributed by atoms with Crippen molar-refractivity contribution in [1.82, 2.24) is 9.80 Å². The number of rotatable bonds is 5. The van der Waals surface area contributed by atoms with Gasteiger partial charge < -0.3 is 9.80 Å². The van der Waals surface area contributed by atoms with Crippen LogP contribution in [0.25, 0.3) is 0 Å². The number of amides is 2. The van der Waals surface area contributed by atoms with Crippen LogP contribution in [-0.4, -0.2) is 40.7 Å². The summed E-state index contributed by atoms with van der Waals surface area (Å²) >= 11 is 1.74. The standard InChI is InChI=1S/C25H23FN2O2S/c26-19-8-6-18(7-9-19)25(30)28(20-10-11-20)16-23(29)27-14-12-22-21(13-15-31-22)24(27)17-4-2-1-3-5-17/h1-9,13,15,20,24H,10-12,14,16H2. The lowest BCUT2D eigenvalue weighted by atomic mass is 9.93. The fraction of sp³-hybridized carbons (Fsp3) is 0.280. The summed E-state index contributed by atoms with van der Waals surface area (Å²) in [6.07, 6.45) is 2.63. The van der Waals surface area contributed by atoms with Gasteiger partial charge in [0, 0.05) is 23.0 Å². The quantitative estimate of drug-likeness (QED) is 0.586. The fourth-order valence-corrected chi connectivity index (χ4v) is 5.23. The van der Waals surface area contributed by atoms with Gasteiger partial charge in [-0.2, -0.15) is 0 Å². The molecule has 2 aliphatic rings. The SMILES string of the molecule is O=C(c1ccc(F)cc1)N(CC(=O)N1CCc2sccc2C1c1ccccc1)C1CC1. The van der Waals surface area contributed by atoms with Crippen molar-refractivity contribution in [1.29, 1.82) is 0 Å². The largest absolute Gasteiger partial charge is 0.330 e. The number of hydrogen-bond acceptors (Lipinski definition) is 3. The summed E-state index contributed by atoms with van der Waals surface area (Å²) in [5.74, 6) is -0.635. The Balaban J connectivity index is 1.41. The molecule has 0 bridgehead atoms. The van der Waals surface area contributed by atoms with Crippen LogP contribution in [0.5, 0.6) is 0 Å². The summed E-state index contributed by atoms with van der Waals surface area (Å²) in [6, 6.07) is 17.7. The molecule has 2 aromatic carbocycles. The van der Waals surface area contributed by atoms with Gasteiger partial charge in [-0.05, 0) is 66.1 Å². The molecule has 0 N–H and O–H groups in total. The monoisotopic (exact) mass is 434 g/mol. The molecule has 0 radical (unpaired) electrons. The van der Waals surface area contributed by atoms with Crippen molar-refractivity contribution >= 4 is 23.2 Å². The summed E-state index contributed by atoms with van der Waals surface area (Å²) in [6.45, 7) is 0.679. The topological polar surface area (TPSA) is 40.6 Å². The zero-order valence-corrected chi connectivity index (χ0v) is 17.9. The Kier molecular flexibility index (Phi) is 5.32. The van der Waals surface area contributed by atoms with Gasteiger partial charge in [-0.1, -0.05) is 30.3 Å².